The van der Waals surface area contributed by atoms with E-state index in [0.717, 1.165) is 10.5 Å². The molecule has 128 valence electrons. The highest BCUT2D eigenvalue weighted by atomic mass is 127. The van der Waals surface area contributed by atoms with Gasteiger partial charge in [-0.1, -0.05) is 42.5 Å². The van der Waals surface area contributed by atoms with E-state index in [-0.39, 0.29) is 22.8 Å². The summed E-state index contributed by atoms with van der Waals surface area (Å²) in [7, 11) is 0. The maximum atomic E-state index is 12.6. The van der Waals surface area contributed by atoms with Gasteiger partial charge in [-0.05, 0) is 17.7 Å². The zero-order valence-corrected chi connectivity index (χ0v) is 16.0. The van der Waals surface area contributed by atoms with Crippen molar-refractivity contribution in [2.45, 2.75) is 16.8 Å². The van der Waals surface area contributed by atoms with Gasteiger partial charge < -0.3 is 4.74 Å². The topological polar surface area (TPSA) is 63.7 Å². The third kappa shape index (κ3) is 4.21. The van der Waals surface area contributed by atoms with E-state index in [9.17, 15) is 14.4 Å². The van der Waals surface area contributed by atoms with E-state index in [0.29, 0.717) is 5.69 Å². The second-order valence-corrected chi connectivity index (χ2v) is 7.55. The van der Waals surface area contributed by atoms with Gasteiger partial charge in [0.05, 0.1) is 5.69 Å². The third-order valence-electron chi connectivity index (χ3n) is 3.63. The fourth-order valence-corrected chi connectivity index (χ4v) is 4.12. The Labute approximate surface area is 162 Å². The second-order valence-electron chi connectivity index (χ2n) is 5.34. The lowest BCUT2D eigenvalue weighted by atomic mass is 10.2. The van der Waals surface area contributed by atoms with Crippen LogP contribution in [0.2, 0.25) is 0 Å². The molecule has 1 aliphatic heterocycles. The normalized spacial score (nSPS) is 16.3. The number of thioether (sulfide) groups is 1. The van der Waals surface area contributed by atoms with E-state index in [2.05, 4.69) is 0 Å². The Bertz CT molecular complexity index is 812. The van der Waals surface area contributed by atoms with Crippen LogP contribution in [0.3, 0.4) is 0 Å². The molecule has 0 saturated heterocycles. The lowest BCUT2D eigenvalue weighted by molar-refractivity contribution is -0.144. The minimum absolute atomic E-state index is 0.146. The number of hydrogen-bond donors (Lipinski definition) is 0. The Morgan fingerprint density at radius 3 is 2.48 bits per heavy atom. The molecule has 0 aromatic heterocycles. The summed E-state index contributed by atoms with van der Waals surface area (Å²) in [6.07, 6.45) is 0. The Hall–Kier alpha value is -1.87. The van der Waals surface area contributed by atoms with Gasteiger partial charge in [0.25, 0.3) is 0 Å². The standard InChI is InChI=1S/C18H14INO4S/c19-17(22)16-18(23)20(13-8-4-5-9-14(13)25-16)10-15(21)24-11-12-6-2-1-3-7-12/h1-9,16H,10-11H2. The highest BCUT2D eigenvalue weighted by Gasteiger charge is 2.38. The van der Waals surface area contributed by atoms with E-state index in [1.807, 2.05) is 42.5 Å². The number of hydrogen-bond acceptors (Lipinski definition) is 5. The zero-order valence-electron chi connectivity index (χ0n) is 13.1. The summed E-state index contributed by atoms with van der Waals surface area (Å²) in [5.41, 5.74) is 1.50. The first-order valence-corrected chi connectivity index (χ1v) is 9.48. The number of rotatable bonds is 5. The molecule has 25 heavy (non-hydrogen) atoms. The molecule has 1 aliphatic rings. The molecule has 0 saturated carbocycles. The van der Waals surface area contributed by atoms with Crippen LogP contribution >= 0.6 is 34.4 Å². The summed E-state index contributed by atoms with van der Waals surface area (Å²) in [6, 6.07) is 16.5. The SMILES string of the molecule is O=C(CN1C(=O)C(C(=O)I)Sc2ccccc21)OCc1ccccc1. The summed E-state index contributed by atoms with van der Waals surface area (Å²) in [5, 5.41) is -0.836. The molecule has 7 heteroatoms. The first-order valence-electron chi connectivity index (χ1n) is 7.52. The minimum atomic E-state index is -0.836. The number of benzene rings is 2. The number of ether oxygens (including phenoxy) is 1. The minimum Gasteiger partial charge on any atom is -0.459 e. The maximum Gasteiger partial charge on any atom is 0.326 e. The molecule has 5 nitrogen and oxygen atoms in total. The van der Waals surface area contributed by atoms with Crippen LogP contribution in [0.15, 0.2) is 59.5 Å². The van der Waals surface area contributed by atoms with Gasteiger partial charge in [-0.2, -0.15) is 0 Å². The van der Waals surface area contributed by atoms with Crippen LogP contribution in [0.4, 0.5) is 5.69 Å². The Balaban J connectivity index is 1.74. The molecule has 0 aliphatic carbocycles. The fraction of sp³-hybridized carbons (Fsp3) is 0.167. The molecule has 1 heterocycles. The van der Waals surface area contributed by atoms with Crippen molar-refractivity contribution in [1.82, 2.24) is 0 Å². The molecule has 0 fully saturated rings. The number of para-hydroxylation sites is 1. The van der Waals surface area contributed by atoms with E-state index in [4.69, 9.17) is 4.74 Å². The van der Waals surface area contributed by atoms with Crippen LogP contribution in [0.1, 0.15) is 5.56 Å². The van der Waals surface area contributed by atoms with Gasteiger partial charge in [-0.15, -0.1) is 11.8 Å². The van der Waals surface area contributed by atoms with Gasteiger partial charge in [0.2, 0.25) is 9.70 Å². The monoisotopic (exact) mass is 467 g/mol. The van der Waals surface area contributed by atoms with Crippen molar-refractivity contribution >= 4 is 55.7 Å². The van der Waals surface area contributed by atoms with Gasteiger partial charge in [0.1, 0.15) is 13.2 Å². The smallest absolute Gasteiger partial charge is 0.326 e. The van der Waals surface area contributed by atoms with Gasteiger partial charge in [0.15, 0.2) is 5.25 Å². The van der Waals surface area contributed by atoms with Crippen LogP contribution in [0, 0.1) is 0 Å². The highest BCUT2D eigenvalue weighted by Crippen LogP contribution is 2.39. The van der Waals surface area contributed by atoms with Crippen LogP contribution in [-0.2, 0) is 25.7 Å². The zero-order chi connectivity index (χ0) is 17.8. The summed E-state index contributed by atoms with van der Waals surface area (Å²) >= 11 is 2.83. The fourth-order valence-electron chi connectivity index (χ4n) is 2.44. The second kappa shape index (κ2) is 8.01. The molecule has 1 amide bonds. The molecule has 2 aromatic rings. The maximum absolute atomic E-state index is 12.6. The van der Waals surface area contributed by atoms with Crippen LogP contribution in [0.5, 0.6) is 0 Å². The highest BCUT2D eigenvalue weighted by molar-refractivity contribution is 14.1. The van der Waals surface area contributed by atoms with E-state index < -0.39 is 11.2 Å². The molecule has 3 rings (SSSR count). The lowest BCUT2D eigenvalue weighted by Crippen LogP contribution is -2.46. The number of anilines is 1. The van der Waals surface area contributed by atoms with Crippen molar-refractivity contribution in [1.29, 1.82) is 0 Å². The van der Waals surface area contributed by atoms with Gasteiger partial charge in [0, 0.05) is 27.5 Å². The lowest BCUT2D eigenvalue weighted by Gasteiger charge is -2.31. The molecule has 1 unspecified atom stereocenters. The number of fused-ring (bicyclic) bond motifs is 1. The quantitative estimate of drug-likeness (QED) is 0.293. The van der Waals surface area contributed by atoms with Crippen molar-refractivity contribution in [3.63, 3.8) is 0 Å². The van der Waals surface area contributed by atoms with Crippen molar-refractivity contribution in [3.05, 3.63) is 60.2 Å². The Morgan fingerprint density at radius 2 is 1.76 bits per heavy atom. The number of carbonyl (C=O) groups excluding carboxylic acids is 3. The van der Waals surface area contributed by atoms with Gasteiger partial charge >= 0.3 is 5.97 Å². The molecule has 1 atom stereocenters. The number of esters is 1. The Morgan fingerprint density at radius 1 is 1.08 bits per heavy atom. The predicted octanol–water partition coefficient (Wildman–Crippen LogP) is 3.20. The van der Waals surface area contributed by atoms with E-state index in [1.165, 1.54) is 16.7 Å². The van der Waals surface area contributed by atoms with E-state index in [1.54, 1.807) is 34.7 Å². The number of carbonyl (C=O) groups is 3. The summed E-state index contributed by atoms with van der Waals surface area (Å²) in [6.45, 7) is -0.0730. The molecule has 0 spiro atoms. The molecule has 0 bridgehead atoms. The van der Waals surface area contributed by atoms with Crippen molar-refractivity contribution in [3.8, 4) is 0 Å². The molecule has 0 radical (unpaired) electrons. The van der Waals surface area contributed by atoms with E-state index >= 15 is 0 Å². The molecular formula is C18H14INO4S. The van der Waals surface area contributed by atoms with Crippen LogP contribution < -0.4 is 4.90 Å². The van der Waals surface area contributed by atoms with Crippen molar-refractivity contribution in [2.24, 2.45) is 0 Å². The van der Waals surface area contributed by atoms with Gasteiger partial charge in [-0.25, -0.2) is 0 Å². The number of halogens is 1. The largest absolute Gasteiger partial charge is 0.459 e. The van der Waals surface area contributed by atoms with Crippen LogP contribution in [-0.4, -0.2) is 27.5 Å². The predicted molar refractivity (Wildman–Crippen MR) is 104 cm³/mol. The summed E-state index contributed by atoms with van der Waals surface area (Å²) in [5.74, 6) is -0.904. The van der Waals surface area contributed by atoms with Gasteiger partial charge in [-0.3, -0.25) is 19.3 Å². The van der Waals surface area contributed by atoms with Crippen molar-refractivity contribution in [2.75, 3.05) is 11.4 Å². The molecule has 2 aromatic carbocycles. The first-order chi connectivity index (χ1) is 12.1. The summed E-state index contributed by atoms with van der Waals surface area (Å²) < 4.78 is 5.00. The molecular weight excluding hydrogens is 453 g/mol. The van der Waals surface area contributed by atoms with Crippen molar-refractivity contribution < 1.29 is 19.1 Å². The number of nitrogens with zero attached hydrogens (tertiary/aromatic N) is 1. The first kappa shape index (κ1) is 17.9. The number of amides is 1. The average Bonchev–Trinajstić information content (AvgIpc) is 2.62. The third-order valence-corrected chi connectivity index (χ3v) is 5.92. The van der Waals surface area contributed by atoms with Crippen LogP contribution in [0.25, 0.3) is 0 Å². The Kier molecular flexibility index (Phi) is 5.74. The molecule has 0 N–H and O–H groups in total. The summed E-state index contributed by atoms with van der Waals surface area (Å²) in [4.78, 5) is 38.7. The average molecular weight is 467 g/mol.